The first-order valence-corrected chi connectivity index (χ1v) is 5.97. The molecule has 1 aliphatic heterocycles. The standard InChI is InChI=1S/C12H15ClN4.ClH/c1-9-4-2-5-11(13)10(9)8-16-17-12-14-6-3-7-15-12;/h2,4-5,8H,3,6-7H2,1H3,(H2,14,15,17);1H/b16-8+;. The first kappa shape index (κ1) is 14.8. The third-order valence-corrected chi connectivity index (χ3v) is 2.86. The van der Waals surface area contributed by atoms with E-state index in [0.29, 0.717) is 5.02 Å². The lowest BCUT2D eigenvalue weighted by atomic mass is 10.1. The average Bonchev–Trinajstić information content (AvgIpc) is 2.34. The topological polar surface area (TPSA) is 48.8 Å². The normalized spacial score (nSPS) is 14.7. The minimum absolute atomic E-state index is 0. The maximum atomic E-state index is 6.09. The fraction of sp³-hybridized carbons (Fsp3) is 0.333. The maximum Gasteiger partial charge on any atom is 0.212 e. The molecule has 1 aliphatic rings. The summed E-state index contributed by atoms with van der Waals surface area (Å²) in [6.45, 7) is 3.78. The monoisotopic (exact) mass is 286 g/mol. The van der Waals surface area contributed by atoms with E-state index in [2.05, 4.69) is 20.8 Å². The zero-order chi connectivity index (χ0) is 12.1. The van der Waals surface area contributed by atoms with Crippen molar-refractivity contribution in [3.63, 3.8) is 0 Å². The molecule has 0 fully saturated rings. The van der Waals surface area contributed by atoms with Crippen molar-refractivity contribution in [3.05, 3.63) is 34.3 Å². The van der Waals surface area contributed by atoms with E-state index in [4.69, 9.17) is 11.6 Å². The van der Waals surface area contributed by atoms with Gasteiger partial charge in [0.15, 0.2) is 0 Å². The van der Waals surface area contributed by atoms with Crippen LogP contribution < -0.4 is 10.7 Å². The second-order valence-electron chi connectivity index (χ2n) is 3.85. The third-order valence-electron chi connectivity index (χ3n) is 2.53. The van der Waals surface area contributed by atoms with Crippen LogP contribution in [0, 0.1) is 6.92 Å². The molecule has 0 amide bonds. The first-order valence-electron chi connectivity index (χ1n) is 5.60. The summed E-state index contributed by atoms with van der Waals surface area (Å²) >= 11 is 6.09. The largest absolute Gasteiger partial charge is 0.355 e. The van der Waals surface area contributed by atoms with Gasteiger partial charge in [-0.3, -0.25) is 4.99 Å². The van der Waals surface area contributed by atoms with Crippen LogP contribution in [0.1, 0.15) is 17.5 Å². The Labute approximate surface area is 118 Å². The molecule has 6 heteroatoms. The summed E-state index contributed by atoms with van der Waals surface area (Å²) in [5.74, 6) is 0.720. The van der Waals surface area contributed by atoms with E-state index >= 15 is 0 Å². The van der Waals surface area contributed by atoms with Crippen LogP contribution in [-0.2, 0) is 0 Å². The third kappa shape index (κ3) is 3.89. The van der Waals surface area contributed by atoms with E-state index in [-0.39, 0.29) is 12.4 Å². The highest BCUT2D eigenvalue weighted by molar-refractivity contribution is 6.33. The lowest BCUT2D eigenvalue weighted by molar-refractivity contribution is 0.712. The number of guanidine groups is 1. The molecule has 2 rings (SSSR count). The molecular formula is C12H16Cl2N4. The van der Waals surface area contributed by atoms with Gasteiger partial charge in [-0.25, -0.2) is 5.43 Å². The molecule has 0 bridgehead atoms. The van der Waals surface area contributed by atoms with Gasteiger partial charge in [0, 0.05) is 23.7 Å². The summed E-state index contributed by atoms with van der Waals surface area (Å²) < 4.78 is 0. The Morgan fingerprint density at radius 3 is 3.00 bits per heavy atom. The molecule has 1 heterocycles. The molecule has 0 spiro atoms. The fourth-order valence-electron chi connectivity index (χ4n) is 1.57. The van der Waals surface area contributed by atoms with Gasteiger partial charge in [-0.05, 0) is 25.0 Å². The van der Waals surface area contributed by atoms with Gasteiger partial charge < -0.3 is 5.32 Å². The molecule has 0 aliphatic carbocycles. The molecule has 18 heavy (non-hydrogen) atoms. The zero-order valence-electron chi connectivity index (χ0n) is 10.1. The van der Waals surface area contributed by atoms with Crippen LogP contribution in [0.5, 0.6) is 0 Å². The molecular weight excluding hydrogens is 271 g/mol. The molecule has 1 aromatic rings. The van der Waals surface area contributed by atoms with Crippen molar-refractivity contribution in [2.75, 3.05) is 13.1 Å². The number of halogens is 2. The number of nitrogens with one attached hydrogen (secondary N) is 2. The van der Waals surface area contributed by atoms with Crippen LogP contribution in [0.2, 0.25) is 5.02 Å². The Balaban J connectivity index is 0.00000162. The van der Waals surface area contributed by atoms with E-state index < -0.39 is 0 Å². The van der Waals surface area contributed by atoms with E-state index in [9.17, 15) is 0 Å². The molecule has 0 aromatic heterocycles. The Morgan fingerprint density at radius 1 is 1.50 bits per heavy atom. The van der Waals surface area contributed by atoms with Crippen molar-refractivity contribution < 1.29 is 0 Å². The van der Waals surface area contributed by atoms with Gasteiger partial charge in [-0.2, -0.15) is 5.10 Å². The molecule has 0 unspecified atom stereocenters. The van der Waals surface area contributed by atoms with Crippen LogP contribution >= 0.6 is 24.0 Å². The van der Waals surface area contributed by atoms with Crippen LogP contribution in [-0.4, -0.2) is 25.3 Å². The van der Waals surface area contributed by atoms with Gasteiger partial charge >= 0.3 is 0 Å². The zero-order valence-corrected chi connectivity index (χ0v) is 11.7. The van der Waals surface area contributed by atoms with E-state index in [1.807, 2.05) is 25.1 Å². The quantitative estimate of drug-likeness (QED) is 0.648. The number of hydrogen-bond acceptors (Lipinski definition) is 4. The fourth-order valence-corrected chi connectivity index (χ4v) is 1.84. The van der Waals surface area contributed by atoms with E-state index in [1.54, 1.807) is 6.21 Å². The van der Waals surface area contributed by atoms with Crippen molar-refractivity contribution >= 4 is 36.2 Å². The molecule has 0 radical (unpaired) electrons. The predicted octanol–water partition coefficient (Wildman–Crippen LogP) is 2.34. The smallest absolute Gasteiger partial charge is 0.212 e. The van der Waals surface area contributed by atoms with Crippen LogP contribution in [0.25, 0.3) is 0 Å². The van der Waals surface area contributed by atoms with Crippen molar-refractivity contribution in [1.82, 2.24) is 10.7 Å². The first-order chi connectivity index (χ1) is 8.27. The molecule has 1 aromatic carbocycles. The molecule has 0 saturated carbocycles. The molecule has 0 atom stereocenters. The second-order valence-corrected chi connectivity index (χ2v) is 4.26. The van der Waals surface area contributed by atoms with Crippen LogP contribution in [0.15, 0.2) is 28.3 Å². The minimum Gasteiger partial charge on any atom is -0.355 e. The van der Waals surface area contributed by atoms with Crippen LogP contribution in [0.4, 0.5) is 0 Å². The van der Waals surface area contributed by atoms with Crippen LogP contribution in [0.3, 0.4) is 0 Å². The highest BCUT2D eigenvalue weighted by Gasteiger charge is 2.02. The molecule has 0 saturated heterocycles. The number of benzene rings is 1. The summed E-state index contributed by atoms with van der Waals surface area (Å²) in [6, 6.07) is 5.78. The Hall–Kier alpha value is -1.26. The Bertz CT molecular complexity index is 437. The number of nitrogens with zero attached hydrogens (tertiary/aromatic N) is 2. The van der Waals surface area contributed by atoms with Gasteiger partial charge in [0.25, 0.3) is 0 Å². The number of aryl methyl sites for hydroxylation is 1. The van der Waals surface area contributed by atoms with E-state index in [1.165, 1.54) is 0 Å². The Kier molecular flexibility index (Phi) is 5.95. The number of rotatable bonds is 2. The number of aliphatic imine (C=N–C) groups is 1. The van der Waals surface area contributed by atoms with Gasteiger partial charge in [-0.1, -0.05) is 23.7 Å². The molecule has 4 nitrogen and oxygen atoms in total. The molecule has 98 valence electrons. The summed E-state index contributed by atoms with van der Waals surface area (Å²) in [5, 5.41) is 7.96. The van der Waals surface area contributed by atoms with Crippen molar-refractivity contribution in [2.24, 2.45) is 10.1 Å². The predicted molar refractivity (Wildman–Crippen MR) is 79.1 cm³/mol. The summed E-state index contributed by atoms with van der Waals surface area (Å²) in [5.41, 5.74) is 4.90. The average molecular weight is 287 g/mol. The lowest BCUT2D eigenvalue weighted by Crippen LogP contribution is -2.38. The van der Waals surface area contributed by atoms with Gasteiger partial charge in [0.2, 0.25) is 5.96 Å². The number of hydrogen-bond donors (Lipinski definition) is 2. The Morgan fingerprint density at radius 2 is 2.33 bits per heavy atom. The van der Waals surface area contributed by atoms with Crippen molar-refractivity contribution in [1.29, 1.82) is 0 Å². The van der Waals surface area contributed by atoms with E-state index in [0.717, 1.165) is 36.6 Å². The second kappa shape index (κ2) is 7.24. The van der Waals surface area contributed by atoms with Crippen molar-refractivity contribution in [3.8, 4) is 0 Å². The highest BCUT2D eigenvalue weighted by atomic mass is 35.5. The summed E-state index contributed by atoms with van der Waals surface area (Å²) in [7, 11) is 0. The highest BCUT2D eigenvalue weighted by Crippen LogP contribution is 2.16. The van der Waals surface area contributed by atoms with Gasteiger partial charge in [0.1, 0.15) is 0 Å². The SMILES string of the molecule is Cc1cccc(Cl)c1/C=N/NC1=NCCCN1.Cl. The summed E-state index contributed by atoms with van der Waals surface area (Å²) in [4.78, 5) is 4.25. The van der Waals surface area contributed by atoms with Gasteiger partial charge in [0.05, 0.1) is 6.21 Å². The lowest BCUT2D eigenvalue weighted by Gasteiger charge is -2.12. The van der Waals surface area contributed by atoms with Crippen molar-refractivity contribution in [2.45, 2.75) is 13.3 Å². The maximum absolute atomic E-state index is 6.09. The summed E-state index contributed by atoms with van der Waals surface area (Å²) in [6.07, 6.45) is 2.79. The minimum atomic E-state index is 0. The van der Waals surface area contributed by atoms with Gasteiger partial charge in [-0.15, -0.1) is 12.4 Å². The molecule has 2 N–H and O–H groups in total. The number of hydrazone groups is 1.